The summed E-state index contributed by atoms with van der Waals surface area (Å²) >= 11 is 0. The third-order valence-electron chi connectivity index (χ3n) is 5.15. The van der Waals surface area contributed by atoms with Gasteiger partial charge >= 0.3 is 23.9 Å². The van der Waals surface area contributed by atoms with Gasteiger partial charge in [-0.05, 0) is 83.1 Å². The first-order valence-electron chi connectivity index (χ1n) is 12.1. The van der Waals surface area contributed by atoms with Crippen LogP contribution in [-0.2, 0) is 42.9 Å². The van der Waals surface area contributed by atoms with Crippen LogP contribution in [0.2, 0.25) is 0 Å². The number of hydrogen-bond donors (Lipinski definition) is 1. The summed E-state index contributed by atoms with van der Waals surface area (Å²) in [5, 5.41) is 11.3. The Hall–Kier alpha value is -2.20. The lowest BCUT2D eigenvalue weighted by Crippen LogP contribution is -2.63. The van der Waals surface area contributed by atoms with E-state index in [1.54, 1.807) is 83.1 Å². The molecule has 10 heteroatoms. The fraction of sp³-hybridized carbons (Fsp3) is 0.846. The number of hydrogen-bond acceptors (Lipinski definition) is 10. The molecule has 0 spiro atoms. The smallest absolute Gasteiger partial charge is 0.313 e. The average Bonchev–Trinajstić information content (AvgIpc) is 2.67. The summed E-state index contributed by atoms with van der Waals surface area (Å²) in [6, 6.07) is 0. The van der Waals surface area contributed by atoms with Crippen LogP contribution in [0.3, 0.4) is 0 Å². The Kier molecular flexibility index (Phi) is 9.77. The van der Waals surface area contributed by atoms with E-state index in [1.165, 1.54) is 0 Å². The van der Waals surface area contributed by atoms with Crippen molar-refractivity contribution >= 4 is 23.9 Å². The largest absolute Gasteiger partial charge is 0.462 e. The summed E-state index contributed by atoms with van der Waals surface area (Å²) in [7, 11) is 0. The highest BCUT2D eigenvalue weighted by molar-refractivity contribution is 5.77. The standard InChI is InChI=1S/C26H44O10/c1-23(2,3)19(28)32-13-14-16(34-20(29)24(4,5)6)15(27)17(35-21(30)25(7,8)9)18(33-14)36-22(31)26(10,11)12/h14-18,27H,13H2,1-12H3/t14-,15+,16-,17+,18+/m1/s1. The fourth-order valence-electron chi connectivity index (χ4n) is 2.65. The predicted octanol–water partition coefficient (Wildman–Crippen LogP) is 3.17. The highest BCUT2D eigenvalue weighted by atomic mass is 16.7. The molecule has 0 aliphatic carbocycles. The molecule has 1 N–H and O–H groups in total. The highest BCUT2D eigenvalue weighted by Gasteiger charge is 2.53. The molecule has 0 bridgehead atoms. The van der Waals surface area contributed by atoms with Crippen LogP contribution in [0.1, 0.15) is 83.1 Å². The minimum Gasteiger partial charge on any atom is -0.462 e. The van der Waals surface area contributed by atoms with Crippen LogP contribution in [0.25, 0.3) is 0 Å². The maximum absolute atomic E-state index is 12.7. The Balaban J connectivity index is 3.41. The number of esters is 4. The zero-order valence-electron chi connectivity index (χ0n) is 23.7. The maximum Gasteiger partial charge on any atom is 0.313 e. The lowest BCUT2D eigenvalue weighted by molar-refractivity contribution is -0.303. The summed E-state index contributed by atoms with van der Waals surface area (Å²) in [5.41, 5.74) is -3.64. The third-order valence-corrected chi connectivity index (χ3v) is 5.15. The number of ether oxygens (including phenoxy) is 5. The normalized spacial score (nSPS) is 25.5. The van der Waals surface area contributed by atoms with E-state index in [0.29, 0.717) is 0 Å². The molecule has 1 rings (SSSR count). The predicted molar refractivity (Wildman–Crippen MR) is 129 cm³/mol. The topological polar surface area (TPSA) is 135 Å². The molecule has 0 aromatic carbocycles. The van der Waals surface area contributed by atoms with Gasteiger partial charge in [-0.1, -0.05) is 0 Å². The molecule has 36 heavy (non-hydrogen) atoms. The monoisotopic (exact) mass is 516 g/mol. The van der Waals surface area contributed by atoms with Crippen molar-refractivity contribution in [2.45, 2.75) is 114 Å². The van der Waals surface area contributed by atoms with Gasteiger partial charge in [-0.3, -0.25) is 19.2 Å². The molecule has 1 fully saturated rings. The highest BCUT2D eigenvalue weighted by Crippen LogP contribution is 2.32. The molecule has 1 heterocycles. The first kappa shape index (κ1) is 31.8. The first-order valence-corrected chi connectivity index (χ1v) is 12.1. The van der Waals surface area contributed by atoms with Crippen LogP contribution in [0.5, 0.6) is 0 Å². The van der Waals surface area contributed by atoms with Crippen LogP contribution in [0.15, 0.2) is 0 Å². The summed E-state index contributed by atoms with van der Waals surface area (Å²) in [6.07, 6.45) is -7.28. The van der Waals surface area contributed by atoms with Crippen LogP contribution in [-0.4, -0.2) is 66.3 Å². The SMILES string of the molecule is CC(C)(C)C(=O)OC[C@H]1O[C@@H](OC(=O)C(C)(C)C)[C@@H](OC(=O)C(C)(C)C)[C@@H](O)[C@@H]1OC(=O)C(C)(C)C. The van der Waals surface area contributed by atoms with E-state index in [9.17, 15) is 24.3 Å². The average molecular weight is 517 g/mol. The lowest BCUT2D eigenvalue weighted by atomic mass is 9.93. The number of aliphatic hydroxyl groups is 1. The molecular formula is C26H44O10. The number of carbonyl (C=O) groups is 4. The third kappa shape index (κ3) is 8.73. The molecule has 0 saturated carbocycles. The van der Waals surface area contributed by atoms with Gasteiger partial charge in [0.25, 0.3) is 0 Å². The molecule has 0 radical (unpaired) electrons. The summed E-state index contributed by atoms with van der Waals surface area (Å²) in [4.78, 5) is 50.5. The van der Waals surface area contributed by atoms with Crippen molar-refractivity contribution in [3.63, 3.8) is 0 Å². The van der Waals surface area contributed by atoms with Crippen molar-refractivity contribution in [1.29, 1.82) is 0 Å². The lowest BCUT2D eigenvalue weighted by Gasteiger charge is -2.44. The Morgan fingerprint density at radius 1 is 0.611 bits per heavy atom. The van der Waals surface area contributed by atoms with Crippen LogP contribution in [0.4, 0.5) is 0 Å². The van der Waals surface area contributed by atoms with Gasteiger partial charge in [0.2, 0.25) is 6.29 Å². The van der Waals surface area contributed by atoms with E-state index in [1.807, 2.05) is 0 Å². The van der Waals surface area contributed by atoms with E-state index < -0.39 is 82.8 Å². The van der Waals surface area contributed by atoms with Gasteiger partial charge in [0.05, 0.1) is 21.7 Å². The Morgan fingerprint density at radius 2 is 0.972 bits per heavy atom. The maximum atomic E-state index is 12.7. The van der Waals surface area contributed by atoms with Crippen LogP contribution < -0.4 is 0 Å². The Morgan fingerprint density at radius 3 is 1.36 bits per heavy atom. The van der Waals surface area contributed by atoms with Crippen molar-refractivity contribution < 1.29 is 48.0 Å². The number of carbonyl (C=O) groups excluding carboxylic acids is 4. The minimum absolute atomic E-state index is 0.404. The van der Waals surface area contributed by atoms with E-state index in [2.05, 4.69) is 0 Å². The van der Waals surface area contributed by atoms with Crippen molar-refractivity contribution in [2.75, 3.05) is 6.61 Å². The van der Waals surface area contributed by atoms with Crippen LogP contribution in [0, 0.1) is 21.7 Å². The Labute approximate surface area is 214 Å². The van der Waals surface area contributed by atoms with Gasteiger partial charge in [0, 0.05) is 0 Å². The van der Waals surface area contributed by atoms with Crippen molar-refractivity contribution in [1.82, 2.24) is 0 Å². The quantitative estimate of drug-likeness (QED) is 0.429. The molecule has 10 nitrogen and oxygen atoms in total. The minimum atomic E-state index is -1.65. The molecule has 1 aliphatic heterocycles. The molecule has 1 saturated heterocycles. The van der Waals surface area contributed by atoms with E-state index in [4.69, 9.17) is 23.7 Å². The van der Waals surface area contributed by atoms with Gasteiger partial charge in [0.1, 0.15) is 18.8 Å². The van der Waals surface area contributed by atoms with Crippen molar-refractivity contribution in [2.24, 2.45) is 21.7 Å². The summed E-state index contributed by atoms with van der Waals surface area (Å²) in [5.74, 6) is -2.57. The summed E-state index contributed by atoms with van der Waals surface area (Å²) < 4.78 is 27.9. The van der Waals surface area contributed by atoms with Crippen molar-refractivity contribution in [3.05, 3.63) is 0 Å². The van der Waals surface area contributed by atoms with E-state index >= 15 is 0 Å². The Bertz CT molecular complexity index is 818. The molecule has 0 unspecified atom stereocenters. The fourth-order valence-corrected chi connectivity index (χ4v) is 2.65. The number of aliphatic hydroxyl groups excluding tert-OH is 1. The first-order chi connectivity index (χ1) is 16.0. The van der Waals surface area contributed by atoms with Gasteiger partial charge in [-0.25, -0.2) is 0 Å². The second kappa shape index (κ2) is 11.0. The molecule has 1 aliphatic rings. The van der Waals surface area contributed by atoms with Gasteiger partial charge < -0.3 is 28.8 Å². The second-order valence-corrected chi connectivity index (χ2v) is 13.3. The zero-order valence-corrected chi connectivity index (χ0v) is 23.7. The van der Waals surface area contributed by atoms with Gasteiger partial charge in [-0.15, -0.1) is 0 Å². The number of rotatable bonds is 5. The van der Waals surface area contributed by atoms with Crippen molar-refractivity contribution in [3.8, 4) is 0 Å². The van der Waals surface area contributed by atoms with Gasteiger partial charge in [0.15, 0.2) is 12.2 Å². The molecule has 0 aromatic rings. The second-order valence-electron chi connectivity index (χ2n) is 13.3. The van der Waals surface area contributed by atoms with Crippen LogP contribution >= 0.6 is 0 Å². The van der Waals surface area contributed by atoms with Gasteiger partial charge in [-0.2, -0.15) is 0 Å². The van der Waals surface area contributed by atoms with E-state index in [0.717, 1.165) is 0 Å². The zero-order chi connectivity index (χ0) is 28.4. The molecule has 0 aromatic heterocycles. The molecule has 0 amide bonds. The molecule has 208 valence electrons. The van der Waals surface area contributed by atoms with E-state index in [-0.39, 0.29) is 0 Å². The summed E-state index contributed by atoms with van der Waals surface area (Å²) in [6.45, 7) is 19.2. The molecule has 5 atom stereocenters. The molecular weight excluding hydrogens is 472 g/mol.